The average Bonchev–Trinajstić information content (AvgIpc) is 3.09. The molecule has 0 saturated carbocycles. The van der Waals surface area contributed by atoms with Crippen molar-refractivity contribution in [2.75, 3.05) is 13.1 Å². The minimum absolute atomic E-state index is 0.0764. The lowest BCUT2D eigenvalue weighted by Gasteiger charge is -2.38. The molecule has 1 amide bonds. The minimum atomic E-state index is -1.53. The number of benzene rings is 1. The van der Waals surface area contributed by atoms with Gasteiger partial charge in [-0.2, -0.15) is 0 Å². The molecule has 1 fully saturated rings. The van der Waals surface area contributed by atoms with Gasteiger partial charge < -0.3 is 19.8 Å². The van der Waals surface area contributed by atoms with Crippen LogP contribution < -0.4 is 5.32 Å². The number of amides is 1. The molecule has 2 aromatic rings. The number of hydrogen-bond acceptors (Lipinski definition) is 5. The van der Waals surface area contributed by atoms with E-state index in [2.05, 4.69) is 10.5 Å². The molecule has 25 heavy (non-hydrogen) atoms. The minimum Gasteiger partial charge on any atom is -0.379 e. The Morgan fingerprint density at radius 3 is 2.88 bits per heavy atom. The molecule has 1 aliphatic rings. The van der Waals surface area contributed by atoms with Crippen molar-refractivity contribution in [3.63, 3.8) is 0 Å². The van der Waals surface area contributed by atoms with Gasteiger partial charge in [-0.05, 0) is 30.5 Å². The van der Waals surface area contributed by atoms with Gasteiger partial charge in [-0.1, -0.05) is 11.2 Å². The van der Waals surface area contributed by atoms with Crippen molar-refractivity contribution in [3.8, 4) is 0 Å². The van der Waals surface area contributed by atoms with E-state index >= 15 is 0 Å². The van der Waals surface area contributed by atoms with Gasteiger partial charge in [-0.25, -0.2) is 8.78 Å². The molecule has 8 heteroatoms. The van der Waals surface area contributed by atoms with Gasteiger partial charge in [0.2, 0.25) is 0 Å². The maximum absolute atomic E-state index is 13.3. The fraction of sp³-hybridized carbons (Fsp3) is 0.412. The van der Waals surface area contributed by atoms with Gasteiger partial charge in [-0.3, -0.25) is 4.79 Å². The first-order chi connectivity index (χ1) is 12.0. The van der Waals surface area contributed by atoms with E-state index in [-0.39, 0.29) is 13.1 Å². The quantitative estimate of drug-likeness (QED) is 0.826. The Morgan fingerprint density at radius 2 is 2.16 bits per heavy atom. The van der Waals surface area contributed by atoms with Crippen LogP contribution >= 0.6 is 0 Å². The molecule has 0 radical (unpaired) electrons. The molecule has 6 nitrogen and oxygen atoms in total. The molecule has 1 aliphatic heterocycles. The number of hydrogen-bond donors (Lipinski definition) is 2. The number of carbonyl (C=O) groups excluding carboxylic acids is 1. The lowest BCUT2D eigenvalue weighted by atomic mass is 9.91. The van der Waals surface area contributed by atoms with Gasteiger partial charge in [-0.15, -0.1) is 0 Å². The van der Waals surface area contributed by atoms with Crippen molar-refractivity contribution in [1.82, 2.24) is 15.4 Å². The highest BCUT2D eigenvalue weighted by atomic mass is 19.2. The van der Waals surface area contributed by atoms with E-state index in [0.29, 0.717) is 37.2 Å². The fourth-order valence-electron chi connectivity index (χ4n) is 2.96. The molecular weight excluding hydrogens is 332 g/mol. The number of nitrogens with zero attached hydrogens (tertiary/aromatic N) is 2. The van der Waals surface area contributed by atoms with Crippen molar-refractivity contribution >= 4 is 5.91 Å². The molecule has 0 spiro atoms. The zero-order chi connectivity index (χ0) is 17.9. The summed E-state index contributed by atoms with van der Waals surface area (Å²) in [6, 6.07) is 5.22. The van der Waals surface area contributed by atoms with Crippen LogP contribution in [-0.4, -0.2) is 39.8 Å². The van der Waals surface area contributed by atoms with Gasteiger partial charge in [0.15, 0.2) is 17.2 Å². The van der Waals surface area contributed by atoms with Crippen LogP contribution in [0.15, 0.2) is 35.1 Å². The summed E-state index contributed by atoms with van der Waals surface area (Å²) in [6.07, 6.45) is 2.41. The Morgan fingerprint density at radius 1 is 1.32 bits per heavy atom. The molecule has 1 saturated heterocycles. The summed E-state index contributed by atoms with van der Waals surface area (Å²) < 4.78 is 31.1. The zero-order valence-corrected chi connectivity index (χ0v) is 13.5. The topological polar surface area (TPSA) is 78.6 Å². The SMILES string of the molecule is O=C1N(Cc2ccc(F)c(F)c2)CCC[C@]1(O)CNCc1ccon1. The molecule has 0 bridgehead atoms. The lowest BCUT2D eigenvalue weighted by molar-refractivity contribution is -0.157. The van der Waals surface area contributed by atoms with Crippen LogP contribution in [0.4, 0.5) is 8.78 Å². The van der Waals surface area contributed by atoms with E-state index in [4.69, 9.17) is 4.52 Å². The first-order valence-electron chi connectivity index (χ1n) is 8.04. The van der Waals surface area contributed by atoms with E-state index < -0.39 is 23.1 Å². The molecule has 1 atom stereocenters. The summed E-state index contributed by atoms with van der Waals surface area (Å²) >= 11 is 0. The number of nitrogens with one attached hydrogen (secondary N) is 1. The fourth-order valence-corrected chi connectivity index (χ4v) is 2.96. The van der Waals surface area contributed by atoms with Crippen LogP contribution in [0.5, 0.6) is 0 Å². The molecular formula is C17H19F2N3O3. The summed E-state index contributed by atoms with van der Waals surface area (Å²) in [6.45, 7) is 1.04. The van der Waals surface area contributed by atoms with E-state index in [0.717, 1.165) is 12.1 Å². The number of piperidine rings is 1. The Balaban J connectivity index is 1.61. The van der Waals surface area contributed by atoms with E-state index in [1.54, 1.807) is 6.07 Å². The summed E-state index contributed by atoms with van der Waals surface area (Å²) in [4.78, 5) is 14.1. The van der Waals surface area contributed by atoms with Crippen LogP contribution in [0.1, 0.15) is 24.1 Å². The van der Waals surface area contributed by atoms with Crippen LogP contribution in [0.2, 0.25) is 0 Å². The van der Waals surface area contributed by atoms with E-state index in [1.807, 2.05) is 0 Å². The summed E-state index contributed by atoms with van der Waals surface area (Å²) in [5.41, 5.74) is -0.377. The van der Waals surface area contributed by atoms with Crippen molar-refractivity contribution in [1.29, 1.82) is 0 Å². The van der Waals surface area contributed by atoms with E-state index in [1.165, 1.54) is 17.2 Å². The highest BCUT2D eigenvalue weighted by Crippen LogP contribution is 2.24. The van der Waals surface area contributed by atoms with Crippen LogP contribution in [-0.2, 0) is 17.9 Å². The van der Waals surface area contributed by atoms with Crippen LogP contribution in [0, 0.1) is 11.6 Å². The van der Waals surface area contributed by atoms with Crippen LogP contribution in [0.25, 0.3) is 0 Å². The van der Waals surface area contributed by atoms with Crippen molar-refractivity contribution in [3.05, 3.63) is 53.4 Å². The van der Waals surface area contributed by atoms with E-state index in [9.17, 15) is 18.7 Å². The van der Waals surface area contributed by atoms with Gasteiger partial charge in [0.25, 0.3) is 5.91 Å². The maximum Gasteiger partial charge on any atom is 0.256 e. The standard InChI is InChI=1S/C17H19F2N3O3/c18-14-3-2-12(8-15(14)19)10-22-6-1-5-17(24,16(22)23)11-20-9-13-4-7-25-21-13/h2-4,7-8,20,24H,1,5-6,9-11H2/t17-/m0/s1. The molecule has 2 heterocycles. The molecule has 0 unspecified atom stereocenters. The first kappa shape index (κ1) is 17.5. The number of likely N-dealkylation sites (tertiary alicyclic amines) is 1. The smallest absolute Gasteiger partial charge is 0.256 e. The van der Waals surface area contributed by atoms with Crippen LogP contribution in [0.3, 0.4) is 0 Å². The molecule has 134 valence electrons. The van der Waals surface area contributed by atoms with Gasteiger partial charge >= 0.3 is 0 Å². The third kappa shape index (κ3) is 4.02. The average molecular weight is 351 g/mol. The molecule has 1 aromatic heterocycles. The molecule has 0 aliphatic carbocycles. The summed E-state index contributed by atoms with van der Waals surface area (Å²) in [5, 5.41) is 17.4. The maximum atomic E-state index is 13.3. The number of aliphatic hydroxyl groups is 1. The third-order valence-electron chi connectivity index (χ3n) is 4.28. The molecule has 1 aromatic carbocycles. The van der Waals surface area contributed by atoms with Gasteiger partial charge in [0, 0.05) is 32.2 Å². The Labute approximate surface area is 143 Å². The highest BCUT2D eigenvalue weighted by molar-refractivity contribution is 5.86. The number of rotatable bonds is 6. The lowest BCUT2D eigenvalue weighted by Crippen LogP contribution is -2.57. The third-order valence-corrected chi connectivity index (χ3v) is 4.28. The molecule has 3 rings (SSSR count). The normalized spacial score (nSPS) is 20.9. The summed E-state index contributed by atoms with van der Waals surface area (Å²) in [7, 11) is 0. The zero-order valence-electron chi connectivity index (χ0n) is 13.5. The largest absolute Gasteiger partial charge is 0.379 e. The van der Waals surface area contributed by atoms with Crippen molar-refractivity contribution in [2.45, 2.75) is 31.5 Å². The first-order valence-corrected chi connectivity index (χ1v) is 8.04. The second-order valence-electron chi connectivity index (χ2n) is 6.20. The number of carbonyl (C=O) groups is 1. The second-order valence-corrected chi connectivity index (χ2v) is 6.20. The van der Waals surface area contributed by atoms with Gasteiger partial charge in [0.1, 0.15) is 6.26 Å². The summed E-state index contributed by atoms with van der Waals surface area (Å²) in [5.74, 6) is -2.30. The number of aromatic nitrogens is 1. The predicted molar refractivity (Wildman–Crippen MR) is 84.2 cm³/mol. The molecule has 2 N–H and O–H groups in total. The Hall–Kier alpha value is -2.32. The monoisotopic (exact) mass is 351 g/mol. The Bertz CT molecular complexity index is 739. The van der Waals surface area contributed by atoms with Gasteiger partial charge in [0.05, 0.1) is 5.69 Å². The predicted octanol–water partition coefficient (Wildman–Crippen LogP) is 1.60. The van der Waals surface area contributed by atoms with Crippen molar-refractivity contribution in [2.24, 2.45) is 0 Å². The highest BCUT2D eigenvalue weighted by Gasteiger charge is 2.41. The van der Waals surface area contributed by atoms with Crippen molar-refractivity contribution < 1.29 is 23.2 Å². The Kier molecular flexibility index (Phi) is 5.10. The second kappa shape index (κ2) is 7.28. The number of halogens is 2.